The molecule has 17 heavy (non-hydrogen) atoms. The van der Waals surface area contributed by atoms with Crippen molar-refractivity contribution in [3.05, 3.63) is 0 Å². The molecule has 0 aromatic heterocycles. The number of amides is 3. The SMILES string of the molecule is CC(O)CCN1C(=O)NC(C)(C(F)(F)F)C1=O. The molecule has 0 bridgehead atoms. The van der Waals surface area contributed by atoms with E-state index in [0.717, 1.165) is 0 Å². The van der Waals surface area contributed by atoms with Gasteiger partial charge < -0.3 is 10.4 Å². The number of aliphatic hydroxyl groups excluding tert-OH is 1. The van der Waals surface area contributed by atoms with E-state index in [1.807, 2.05) is 0 Å². The number of halogens is 3. The molecule has 0 radical (unpaired) electrons. The van der Waals surface area contributed by atoms with Crippen molar-refractivity contribution in [1.29, 1.82) is 0 Å². The van der Waals surface area contributed by atoms with Crippen LogP contribution in [0.15, 0.2) is 0 Å². The van der Waals surface area contributed by atoms with Crippen molar-refractivity contribution >= 4 is 11.9 Å². The zero-order valence-electron chi connectivity index (χ0n) is 9.34. The van der Waals surface area contributed by atoms with Crippen molar-refractivity contribution in [2.45, 2.75) is 38.1 Å². The van der Waals surface area contributed by atoms with Crippen molar-refractivity contribution in [1.82, 2.24) is 10.2 Å². The molecule has 1 fully saturated rings. The van der Waals surface area contributed by atoms with Gasteiger partial charge in [-0.15, -0.1) is 0 Å². The molecule has 0 saturated carbocycles. The van der Waals surface area contributed by atoms with Gasteiger partial charge in [-0.3, -0.25) is 9.69 Å². The topological polar surface area (TPSA) is 69.6 Å². The lowest BCUT2D eigenvalue weighted by Gasteiger charge is -2.24. The predicted molar refractivity (Wildman–Crippen MR) is 51.0 cm³/mol. The Morgan fingerprint density at radius 2 is 2.00 bits per heavy atom. The number of imide groups is 1. The molecule has 2 unspecified atom stereocenters. The second kappa shape index (κ2) is 4.17. The highest BCUT2D eigenvalue weighted by molar-refractivity contribution is 6.07. The van der Waals surface area contributed by atoms with Crippen molar-refractivity contribution < 1.29 is 27.9 Å². The first-order valence-corrected chi connectivity index (χ1v) is 4.98. The lowest BCUT2D eigenvalue weighted by Crippen LogP contribution is -2.56. The number of urea groups is 1. The molecule has 1 aliphatic heterocycles. The molecule has 98 valence electrons. The van der Waals surface area contributed by atoms with Crippen LogP contribution in [0.4, 0.5) is 18.0 Å². The van der Waals surface area contributed by atoms with Crippen molar-refractivity contribution in [2.24, 2.45) is 0 Å². The molecule has 2 N–H and O–H groups in total. The summed E-state index contributed by atoms with van der Waals surface area (Å²) >= 11 is 0. The summed E-state index contributed by atoms with van der Waals surface area (Å²) in [7, 11) is 0. The number of carbonyl (C=O) groups excluding carboxylic acids is 2. The van der Waals surface area contributed by atoms with E-state index in [4.69, 9.17) is 5.11 Å². The highest BCUT2D eigenvalue weighted by Crippen LogP contribution is 2.35. The molecule has 1 rings (SSSR count). The van der Waals surface area contributed by atoms with Gasteiger partial charge in [-0.2, -0.15) is 13.2 Å². The first-order chi connectivity index (χ1) is 7.59. The number of aliphatic hydroxyl groups is 1. The standard InChI is InChI=1S/C9H13F3N2O3/c1-5(15)3-4-14-6(16)8(2,9(10,11)12)13-7(14)17/h5,15H,3-4H2,1-2H3,(H,13,17). The van der Waals surface area contributed by atoms with Crippen LogP contribution < -0.4 is 5.32 Å². The van der Waals surface area contributed by atoms with Crippen LogP contribution in [0.3, 0.4) is 0 Å². The van der Waals surface area contributed by atoms with Gasteiger partial charge in [0.15, 0.2) is 0 Å². The van der Waals surface area contributed by atoms with E-state index >= 15 is 0 Å². The van der Waals surface area contributed by atoms with Gasteiger partial charge in [0.25, 0.3) is 5.91 Å². The fourth-order valence-electron chi connectivity index (χ4n) is 1.41. The maximum atomic E-state index is 12.6. The summed E-state index contributed by atoms with van der Waals surface area (Å²) in [4.78, 5) is 23.3. The Morgan fingerprint density at radius 1 is 1.47 bits per heavy atom. The van der Waals surface area contributed by atoms with Gasteiger partial charge in [0.2, 0.25) is 5.54 Å². The molecular formula is C9H13F3N2O3. The number of nitrogens with one attached hydrogen (secondary N) is 1. The minimum Gasteiger partial charge on any atom is -0.393 e. The van der Waals surface area contributed by atoms with E-state index in [1.54, 1.807) is 5.32 Å². The van der Waals surface area contributed by atoms with Gasteiger partial charge >= 0.3 is 12.2 Å². The minimum atomic E-state index is -4.85. The van der Waals surface area contributed by atoms with E-state index in [1.165, 1.54) is 6.92 Å². The summed E-state index contributed by atoms with van der Waals surface area (Å²) in [6.45, 7) is 1.80. The fourth-order valence-corrected chi connectivity index (χ4v) is 1.41. The first kappa shape index (κ1) is 13.8. The predicted octanol–water partition coefficient (Wildman–Crippen LogP) is 0.630. The molecule has 2 atom stereocenters. The molecule has 0 aliphatic carbocycles. The van der Waals surface area contributed by atoms with Crippen LogP contribution in [-0.2, 0) is 4.79 Å². The zero-order valence-corrected chi connectivity index (χ0v) is 9.34. The number of hydrogen-bond acceptors (Lipinski definition) is 3. The maximum Gasteiger partial charge on any atom is 0.420 e. The maximum absolute atomic E-state index is 12.6. The van der Waals surface area contributed by atoms with E-state index in [9.17, 15) is 22.8 Å². The van der Waals surface area contributed by atoms with Gasteiger partial charge in [0.1, 0.15) is 0 Å². The first-order valence-electron chi connectivity index (χ1n) is 4.98. The molecular weight excluding hydrogens is 241 g/mol. The third-order valence-electron chi connectivity index (χ3n) is 2.61. The van der Waals surface area contributed by atoms with Crippen LogP contribution in [0.5, 0.6) is 0 Å². The van der Waals surface area contributed by atoms with Crippen molar-refractivity contribution in [3.63, 3.8) is 0 Å². The van der Waals surface area contributed by atoms with Gasteiger partial charge in [-0.25, -0.2) is 4.79 Å². The fraction of sp³-hybridized carbons (Fsp3) is 0.778. The average Bonchev–Trinajstić information content (AvgIpc) is 2.35. The lowest BCUT2D eigenvalue weighted by atomic mass is 10.0. The van der Waals surface area contributed by atoms with Crippen LogP contribution in [-0.4, -0.2) is 46.3 Å². The van der Waals surface area contributed by atoms with E-state index in [2.05, 4.69) is 0 Å². The molecule has 1 saturated heterocycles. The molecule has 5 nitrogen and oxygen atoms in total. The molecule has 8 heteroatoms. The summed E-state index contributed by atoms with van der Waals surface area (Å²) in [5.74, 6) is -1.34. The van der Waals surface area contributed by atoms with E-state index in [-0.39, 0.29) is 13.0 Å². The summed E-state index contributed by atoms with van der Waals surface area (Å²) in [6, 6.07) is -1.09. The smallest absolute Gasteiger partial charge is 0.393 e. The van der Waals surface area contributed by atoms with Crippen molar-refractivity contribution in [3.8, 4) is 0 Å². The minimum absolute atomic E-state index is 0.0348. The van der Waals surface area contributed by atoms with Gasteiger partial charge in [-0.05, 0) is 20.3 Å². The number of alkyl halides is 3. The lowest BCUT2D eigenvalue weighted by molar-refractivity contribution is -0.191. The number of nitrogens with zero attached hydrogens (tertiary/aromatic N) is 1. The quantitative estimate of drug-likeness (QED) is 0.726. The Morgan fingerprint density at radius 3 is 2.35 bits per heavy atom. The summed E-state index contributed by atoms with van der Waals surface area (Å²) in [5.41, 5.74) is -2.87. The molecule has 0 aromatic carbocycles. The monoisotopic (exact) mass is 254 g/mol. The van der Waals surface area contributed by atoms with Crippen LogP contribution in [0, 0.1) is 0 Å². The van der Waals surface area contributed by atoms with Crippen LogP contribution in [0.1, 0.15) is 20.3 Å². The third-order valence-corrected chi connectivity index (χ3v) is 2.61. The number of rotatable bonds is 3. The molecule has 1 heterocycles. The van der Waals surface area contributed by atoms with Crippen LogP contribution in [0.2, 0.25) is 0 Å². The molecule has 0 aromatic rings. The highest BCUT2D eigenvalue weighted by atomic mass is 19.4. The second-order valence-corrected chi connectivity index (χ2v) is 4.15. The zero-order chi connectivity index (χ0) is 13.4. The molecule has 0 spiro atoms. The van der Waals surface area contributed by atoms with E-state index < -0.39 is 29.8 Å². The van der Waals surface area contributed by atoms with Crippen LogP contribution in [0.25, 0.3) is 0 Å². The Labute approximate surface area is 95.6 Å². The van der Waals surface area contributed by atoms with Gasteiger partial charge in [-0.1, -0.05) is 0 Å². The molecule has 3 amide bonds. The Balaban J connectivity index is 2.86. The normalized spacial score (nSPS) is 27.3. The average molecular weight is 254 g/mol. The van der Waals surface area contributed by atoms with Gasteiger partial charge in [0.05, 0.1) is 6.10 Å². The largest absolute Gasteiger partial charge is 0.420 e. The summed E-state index contributed by atoms with van der Waals surface area (Å²) in [5, 5.41) is 10.6. The van der Waals surface area contributed by atoms with Gasteiger partial charge in [0, 0.05) is 6.54 Å². The Bertz CT molecular complexity index is 343. The Hall–Kier alpha value is -1.31. The van der Waals surface area contributed by atoms with Crippen LogP contribution >= 0.6 is 0 Å². The highest BCUT2D eigenvalue weighted by Gasteiger charge is 2.64. The third kappa shape index (κ3) is 2.36. The Kier molecular flexibility index (Phi) is 3.37. The summed E-state index contributed by atoms with van der Waals surface area (Å²) < 4.78 is 37.9. The number of hydrogen-bond donors (Lipinski definition) is 2. The second-order valence-electron chi connectivity index (χ2n) is 4.15. The summed E-state index contributed by atoms with van der Waals surface area (Å²) in [6.07, 6.45) is -5.61. The molecule has 1 aliphatic rings. The van der Waals surface area contributed by atoms with Crippen molar-refractivity contribution in [2.75, 3.05) is 6.54 Å². The van der Waals surface area contributed by atoms with E-state index in [0.29, 0.717) is 11.8 Å². The number of carbonyl (C=O) groups is 2.